The van der Waals surface area contributed by atoms with Crippen molar-refractivity contribution in [3.8, 4) is 0 Å². The molecule has 1 N–H and O–H groups in total. The Balaban J connectivity index is 1.73. The van der Waals surface area contributed by atoms with E-state index < -0.39 is 11.7 Å². The van der Waals surface area contributed by atoms with Crippen LogP contribution >= 0.6 is 11.8 Å². The van der Waals surface area contributed by atoms with E-state index in [9.17, 15) is 23.1 Å². The predicted molar refractivity (Wildman–Crippen MR) is 125 cm³/mol. The summed E-state index contributed by atoms with van der Waals surface area (Å²) in [4.78, 5) is 13.8. The Morgan fingerprint density at radius 3 is 2.41 bits per heavy atom. The summed E-state index contributed by atoms with van der Waals surface area (Å²) in [5.41, 5.74) is 3.30. The second-order valence-corrected chi connectivity index (χ2v) is 9.57. The molecule has 0 saturated carbocycles. The molecule has 0 heterocycles. The molecule has 0 spiro atoms. The van der Waals surface area contributed by atoms with E-state index in [1.54, 1.807) is 6.08 Å². The number of benzene rings is 2. The van der Waals surface area contributed by atoms with E-state index >= 15 is 0 Å². The van der Waals surface area contributed by atoms with Crippen LogP contribution in [0.15, 0.2) is 53.6 Å². The van der Waals surface area contributed by atoms with Crippen molar-refractivity contribution in [1.29, 1.82) is 0 Å². The zero-order valence-corrected chi connectivity index (χ0v) is 19.2. The molecule has 6 heteroatoms. The average Bonchev–Trinajstić information content (AvgIpc) is 2.72. The van der Waals surface area contributed by atoms with Gasteiger partial charge in [-0.15, -0.1) is 11.8 Å². The lowest BCUT2D eigenvalue weighted by Crippen LogP contribution is -2.25. The molecule has 32 heavy (non-hydrogen) atoms. The van der Waals surface area contributed by atoms with Gasteiger partial charge < -0.3 is 5.11 Å². The Kier molecular flexibility index (Phi) is 7.23. The second-order valence-electron chi connectivity index (χ2n) is 8.47. The van der Waals surface area contributed by atoms with Crippen LogP contribution in [-0.2, 0) is 11.0 Å². The summed E-state index contributed by atoms with van der Waals surface area (Å²) >= 11 is 1.46. The Hall–Kier alpha value is -2.47. The molecule has 2 aromatic carbocycles. The summed E-state index contributed by atoms with van der Waals surface area (Å²) in [5.74, 6) is 0.750. The van der Waals surface area contributed by atoms with Gasteiger partial charge in [0.15, 0.2) is 5.78 Å². The minimum absolute atomic E-state index is 0.0221. The van der Waals surface area contributed by atoms with Crippen molar-refractivity contribution in [2.45, 2.75) is 44.7 Å². The molecule has 0 saturated heterocycles. The van der Waals surface area contributed by atoms with Gasteiger partial charge in [0, 0.05) is 23.5 Å². The smallest absolute Gasteiger partial charge is 0.416 e. The van der Waals surface area contributed by atoms with Gasteiger partial charge >= 0.3 is 6.18 Å². The first-order chi connectivity index (χ1) is 15.0. The van der Waals surface area contributed by atoms with Gasteiger partial charge in [0.2, 0.25) is 0 Å². The summed E-state index contributed by atoms with van der Waals surface area (Å²) in [5, 5.41) is 10.8. The van der Waals surface area contributed by atoms with Crippen molar-refractivity contribution < 1.29 is 23.1 Å². The molecule has 2 unspecified atom stereocenters. The molecule has 170 valence electrons. The van der Waals surface area contributed by atoms with Crippen LogP contribution < -0.4 is 0 Å². The maximum atomic E-state index is 13.1. The average molecular weight is 461 g/mol. The van der Waals surface area contributed by atoms with Crippen molar-refractivity contribution in [3.05, 3.63) is 76.6 Å². The van der Waals surface area contributed by atoms with E-state index in [1.165, 1.54) is 23.9 Å². The maximum Gasteiger partial charge on any atom is 0.416 e. The first-order valence-electron chi connectivity index (χ1n) is 10.5. The van der Waals surface area contributed by atoms with Crippen molar-refractivity contribution in [1.82, 2.24) is 0 Å². The number of thioether (sulfide) groups is 1. The van der Waals surface area contributed by atoms with E-state index in [0.717, 1.165) is 39.3 Å². The number of hydrogen-bond donors (Lipinski definition) is 1. The van der Waals surface area contributed by atoms with Gasteiger partial charge in [-0.05, 0) is 66.6 Å². The third kappa shape index (κ3) is 5.29. The molecule has 1 aliphatic rings. The number of allylic oxidation sites excluding steroid dienone is 2. The van der Waals surface area contributed by atoms with Crippen LogP contribution in [0, 0.1) is 25.7 Å². The Morgan fingerprint density at radius 1 is 1.19 bits per heavy atom. The quantitative estimate of drug-likeness (QED) is 0.450. The van der Waals surface area contributed by atoms with Gasteiger partial charge in [0.25, 0.3) is 0 Å². The van der Waals surface area contributed by atoms with Crippen LogP contribution in [0.5, 0.6) is 0 Å². The van der Waals surface area contributed by atoms with Crippen molar-refractivity contribution in [3.63, 3.8) is 0 Å². The highest BCUT2D eigenvalue weighted by Crippen LogP contribution is 2.40. The lowest BCUT2D eigenvalue weighted by atomic mass is 9.77. The fourth-order valence-corrected chi connectivity index (χ4v) is 5.27. The predicted octanol–water partition coefficient (Wildman–Crippen LogP) is 7.64. The summed E-state index contributed by atoms with van der Waals surface area (Å²) in [6, 6.07) is 9.05. The van der Waals surface area contributed by atoms with Crippen molar-refractivity contribution >= 4 is 29.2 Å². The molecule has 2 aromatic rings. The van der Waals surface area contributed by atoms with Gasteiger partial charge in [0.05, 0.1) is 11.1 Å². The van der Waals surface area contributed by atoms with Crippen molar-refractivity contribution in [2.75, 3.05) is 5.75 Å². The highest BCUT2D eigenvalue weighted by molar-refractivity contribution is 7.99. The molecule has 1 aliphatic carbocycles. The van der Waals surface area contributed by atoms with E-state index in [4.69, 9.17) is 0 Å². The minimum Gasteiger partial charge on any atom is -0.512 e. The molecule has 3 rings (SSSR count). The Labute approximate surface area is 191 Å². The van der Waals surface area contributed by atoms with Gasteiger partial charge in [0.1, 0.15) is 5.76 Å². The molecule has 2 atom stereocenters. The number of aliphatic hydroxyl groups excluding tert-OH is 1. The monoisotopic (exact) mass is 460 g/mol. The SMILES string of the molecule is C=Cc1cc(C)cc(C)c1C1=C(O)CC(C(C)CSc2ccc(C(F)(F)F)cc2)CC1=O. The van der Waals surface area contributed by atoms with Crippen LogP contribution in [0.1, 0.15) is 47.6 Å². The number of aryl methyl sites for hydroxylation is 2. The molecule has 2 nitrogen and oxygen atoms in total. The number of alkyl halides is 3. The zero-order chi connectivity index (χ0) is 23.6. The second kappa shape index (κ2) is 9.57. The fraction of sp³-hybridized carbons (Fsp3) is 0.346. The first-order valence-corrected chi connectivity index (χ1v) is 11.5. The molecular formula is C26H27F3O2S. The Morgan fingerprint density at radius 2 is 1.84 bits per heavy atom. The molecular weight excluding hydrogens is 433 g/mol. The van der Waals surface area contributed by atoms with E-state index in [-0.39, 0.29) is 23.4 Å². The maximum absolute atomic E-state index is 13.1. The summed E-state index contributed by atoms with van der Waals surface area (Å²) < 4.78 is 38.2. The standard InChI is InChI=1S/C26H27F3O2S/c1-5-18-11-15(2)10-16(3)24(18)25-22(30)12-19(13-23(25)31)17(4)14-32-21-8-6-20(7-9-21)26(27,28)29/h5-11,17,19,30H,1,12-14H2,2-4H3. The van der Waals surface area contributed by atoms with E-state index in [1.807, 2.05) is 32.9 Å². The number of Topliss-reactive ketones (excluding diaryl/α,β-unsaturated/α-hetero) is 1. The van der Waals surface area contributed by atoms with Crippen LogP contribution in [0.3, 0.4) is 0 Å². The molecule has 0 radical (unpaired) electrons. The molecule has 0 amide bonds. The number of hydrogen-bond acceptors (Lipinski definition) is 3. The van der Waals surface area contributed by atoms with E-state index in [2.05, 4.69) is 6.58 Å². The van der Waals surface area contributed by atoms with Gasteiger partial charge in [-0.1, -0.05) is 37.3 Å². The summed E-state index contributed by atoms with van der Waals surface area (Å²) in [7, 11) is 0. The highest BCUT2D eigenvalue weighted by atomic mass is 32.2. The largest absolute Gasteiger partial charge is 0.512 e. The lowest BCUT2D eigenvalue weighted by Gasteiger charge is -2.29. The fourth-order valence-electron chi connectivity index (χ4n) is 4.22. The first kappa shape index (κ1) is 24.2. The summed E-state index contributed by atoms with van der Waals surface area (Å²) in [6.45, 7) is 9.77. The third-order valence-corrected chi connectivity index (χ3v) is 7.25. The minimum atomic E-state index is -4.35. The van der Waals surface area contributed by atoms with Crippen LogP contribution in [0.2, 0.25) is 0 Å². The van der Waals surface area contributed by atoms with Gasteiger partial charge in [-0.2, -0.15) is 13.2 Å². The van der Waals surface area contributed by atoms with Crippen LogP contribution in [-0.4, -0.2) is 16.6 Å². The molecule has 0 fully saturated rings. The van der Waals surface area contributed by atoms with Crippen molar-refractivity contribution in [2.24, 2.45) is 11.8 Å². The molecule has 0 bridgehead atoms. The van der Waals surface area contributed by atoms with Crippen LogP contribution in [0.25, 0.3) is 11.6 Å². The number of aliphatic hydroxyl groups is 1. The van der Waals surface area contributed by atoms with Gasteiger partial charge in [-0.3, -0.25) is 4.79 Å². The van der Waals surface area contributed by atoms with Crippen LogP contribution in [0.4, 0.5) is 13.2 Å². The normalized spacial score (nSPS) is 18.1. The number of halogens is 3. The number of rotatable bonds is 6. The third-order valence-electron chi connectivity index (χ3n) is 5.95. The highest BCUT2D eigenvalue weighted by Gasteiger charge is 2.33. The number of carbonyl (C=O) groups excluding carboxylic acids is 1. The lowest BCUT2D eigenvalue weighted by molar-refractivity contribution is -0.137. The summed E-state index contributed by atoms with van der Waals surface area (Å²) in [6.07, 6.45) is -1.90. The van der Waals surface area contributed by atoms with Gasteiger partial charge in [-0.25, -0.2) is 0 Å². The Bertz CT molecular complexity index is 1050. The number of carbonyl (C=O) groups is 1. The number of ketones is 1. The topological polar surface area (TPSA) is 37.3 Å². The molecule has 0 aromatic heterocycles. The van der Waals surface area contributed by atoms with E-state index in [0.29, 0.717) is 24.2 Å². The molecule has 0 aliphatic heterocycles. The zero-order valence-electron chi connectivity index (χ0n) is 18.4.